The van der Waals surface area contributed by atoms with Crippen LogP contribution in [0.25, 0.3) is 10.8 Å². The summed E-state index contributed by atoms with van der Waals surface area (Å²) in [6, 6.07) is 4.41. The van der Waals surface area contributed by atoms with Gasteiger partial charge in [0.15, 0.2) is 0 Å². The monoisotopic (exact) mass is 200 g/mol. The lowest BCUT2D eigenvalue weighted by Gasteiger charge is -2.22. The predicted molar refractivity (Wildman–Crippen MR) is 63.0 cm³/mol. The van der Waals surface area contributed by atoms with Gasteiger partial charge in [-0.2, -0.15) is 10.2 Å². The highest BCUT2D eigenvalue weighted by Crippen LogP contribution is 2.28. The van der Waals surface area contributed by atoms with Gasteiger partial charge in [-0.15, -0.1) is 0 Å². The van der Waals surface area contributed by atoms with Gasteiger partial charge in [-0.05, 0) is 35.6 Å². The summed E-state index contributed by atoms with van der Waals surface area (Å²) in [5.74, 6) is 0. The quantitative estimate of drug-likeness (QED) is 0.652. The summed E-state index contributed by atoms with van der Waals surface area (Å²) in [5, 5.41) is 10.1. The molecule has 2 rings (SSSR count). The van der Waals surface area contributed by atoms with Crippen molar-refractivity contribution in [1.82, 2.24) is 10.2 Å². The highest BCUT2D eigenvalue weighted by Gasteiger charge is 2.16. The average Bonchev–Trinajstić information content (AvgIpc) is 2.15. The molecule has 0 bridgehead atoms. The van der Waals surface area contributed by atoms with Crippen molar-refractivity contribution >= 4 is 10.8 Å². The largest absolute Gasteiger partial charge is 0.158 e. The van der Waals surface area contributed by atoms with Crippen molar-refractivity contribution in [3.63, 3.8) is 0 Å². The SMILES string of the molecule is Cc1cc2cnncc2cc1C(C)(C)C. The van der Waals surface area contributed by atoms with Crippen molar-refractivity contribution in [2.24, 2.45) is 0 Å². The molecule has 2 heteroatoms. The molecule has 2 nitrogen and oxygen atoms in total. The van der Waals surface area contributed by atoms with Crippen LogP contribution in [0.15, 0.2) is 24.5 Å². The number of rotatable bonds is 0. The molecule has 0 radical (unpaired) electrons. The van der Waals surface area contributed by atoms with Gasteiger partial charge in [0.25, 0.3) is 0 Å². The van der Waals surface area contributed by atoms with Crippen molar-refractivity contribution in [2.45, 2.75) is 33.1 Å². The van der Waals surface area contributed by atoms with E-state index in [4.69, 9.17) is 0 Å². The minimum absolute atomic E-state index is 0.182. The van der Waals surface area contributed by atoms with Crippen molar-refractivity contribution < 1.29 is 0 Å². The van der Waals surface area contributed by atoms with E-state index in [9.17, 15) is 0 Å². The van der Waals surface area contributed by atoms with Crippen LogP contribution in [0.4, 0.5) is 0 Å². The number of nitrogens with zero attached hydrogens (tertiary/aromatic N) is 2. The lowest BCUT2D eigenvalue weighted by Crippen LogP contribution is -2.12. The molecule has 1 heterocycles. The van der Waals surface area contributed by atoms with E-state index in [-0.39, 0.29) is 5.41 Å². The Morgan fingerprint density at radius 2 is 1.47 bits per heavy atom. The summed E-state index contributed by atoms with van der Waals surface area (Å²) in [6.07, 6.45) is 3.64. The minimum Gasteiger partial charge on any atom is -0.158 e. The lowest BCUT2D eigenvalue weighted by molar-refractivity contribution is 0.587. The second-order valence-electron chi connectivity index (χ2n) is 5.04. The molecule has 1 aromatic heterocycles. The summed E-state index contributed by atoms with van der Waals surface area (Å²) in [7, 11) is 0. The summed E-state index contributed by atoms with van der Waals surface area (Å²) < 4.78 is 0. The van der Waals surface area contributed by atoms with Crippen LogP contribution in [0.5, 0.6) is 0 Å². The maximum Gasteiger partial charge on any atom is 0.0574 e. The van der Waals surface area contributed by atoms with Gasteiger partial charge in [-0.3, -0.25) is 0 Å². The first kappa shape index (κ1) is 10.1. The second-order valence-corrected chi connectivity index (χ2v) is 5.04. The van der Waals surface area contributed by atoms with Gasteiger partial charge in [0.2, 0.25) is 0 Å². The van der Waals surface area contributed by atoms with Crippen LogP contribution in [0, 0.1) is 6.92 Å². The molecule has 0 N–H and O–H groups in total. The van der Waals surface area contributed by atoms with E-state index in [0.29, 0.717) is 0 Å². The topological polar surface area (TPSA) is 25.8 Å². The van der Waals surface area contributed by atoms with Crippen molar-refractivity contribution in [1.29, 1.82) is 0 Å². The van der Waals surface area contributed by atoms with Crippen molar-refractivity contribution in [3.8, 4) is 0 Å². The van der Waals surface area contributed by atoms with Gasteiger partial charge >= 0.3 is 0 Å². The van der Waals surface area contributed by atoms with Crippen molar-refractivity contribution in [2.75, 3.05) is 0 Å². The molecule has 0 amide bonds. The standard InChI is InChI=1S/C13H16N2/c1-9-5-10-7-14-15-8-11(10)6-12(9)13(2,3)4/h5-8H,1-4H3. The minimum atomic E-state index is 0.182. The van der Waals surface area contributed by atoms with Crippen LogP contribution in [-0.2, 0) is 5.41 Å². The van der Waals surface area contributed by atoms with E-state index in [1.54, 1.807) is 0 Å². The van der Waals surface area contributed by atoms with Crippen LogP contribution in [0.1, 0.15) is 31.9 Å². The Morgan fingerprint density at radius 3 is 2.00 bits per heavy atom. The number of benzene rings is 1. The number of aryl methyl sites for hydroxylation is 1. The fraction of sp³-hybridized carbons (Fsp3) is 0.385. The van der Waals surface area contributed by atoms with Crippen molar-refractivity contribution in [3.05, 3.63) is 35.7 Å². The molecule has 78 valence electrons. The Bertz CT molecular complexity index is 495. The van der Waals surface area contributed by atoms with Gasteiger partial charge in [-0.1, -0.05) is 20.8 Å². The zero-order valence-corrected chi connectivity index (χ0v) is 9.70. The molecule has 0 aliphatic carbocycles. The first-order chi connectivity index (χ1) is 6.98. The van der Waals surface area contributed by atoms with Crippen LogP contribution in [-0.4, -0.2) is 10.2 Å². The zero-order valence-electron chi connectivity index (χ0n) is 9.70. The summed E-state index contributed by atoms with van der Waals surface area (Å²) in [4.78, 5) is 0. The molecular formula is C13H16N2. The number of hydrogen-bond acceptors (Lipinski definition) is 2. The molecule has 1 aromatic carbocycles. The van der Waals surface area contributed by atoms with E-state index in [2.05, 4.69) is 50.0 Å². The molecule has 0 fully saturated rings. The summed E-state index contributed by atoms with van der Waals surface area (Å²) in [5.41, 5.74) is 2.88. The fourth-order valence-corrected chi connectivity index (χ4v) is 1.97. The molecule has 0 atom stereocenters. The van der Waals surface area contributed by atoms with Crippen LogP contribution >= 0.6 is 0 Å². The molecule has 2 aromatic rings. The first-order valence-electron chi connectivity index (χ1n) is 5.20. The predicted octanol–water partition coefficient (Wildman–Crippen LogP) is 3.24. The third kappa shape index (κ3) is 1.84. The Morgan fingerprint density at radius 1 is 0.933 bits per heavy atom. The molecule has 0 spiro atoms. The van der Waals surface area contributed by atoms with Crippen LogP contribution < -0.4 is 0 Å². The Hall–Kier alpha value is -1.44. The average molecular weight is 200 g/mol. The Balaban J connectivity index is 2.73. The Kier molecular flexibility index (Phi) is 2.22. The van der Waals surface area contributed by atoms with Gasteiger partial charge in [0, 0.05) is 10.8 Å². The van der Waals surface area contributed by atoms with Crippen LogP contribution in [0.3, 0.4) is 0 Å². The van der Waals surface area contributed by atoms with E-state index in [0.717, 1.165) is 5.39 Å². The summed E-state index contributed by atoms with van der Waals surface area (Å²) >= 11 is 0. The number of hydrogen-bond donors (Lipinski definition) is 0. The molecular weight excluding hydrogens is 184 g/mol. The van der Waals surface area contributed by atoms with Gasteiger partial charge < -0.3 is 0 Å². The van der Waals surface area contributed by atoms with E-state index in [1.807, 2.05) is 12.4 Å². The van der Waals surface area contributed by atoms with E-state index < -0.39 is 0 Å². The molecule has 0 saturated heterocycles. The normalized spacial score (nSPS) is 12.0. The number of fused-ring (bicyclic) bond motifs is 1. The third-order valence-corrected chi connectivity index (χ3v) is 2.70. The van der Waals surface area contributed by atoms with Gasteiger partial charge in [0.05, 0.1) is 12.4 Å². The van der Waals surface area contributed by atoms with Crippen LogP contribution in [0.2, 0.25) is 0 Å². The maximum atomic E-state index is 3.92. The highest BCUT2D eigenvalue weighted by molar-refractivity contribution is 5.82. The fourth-order valence-electron chi connectivity index (χ4n) is 1.97. The molecule has 0 aliphatic heterocycles. The zero-order chi connectivity index (χ0) is 11.1. The van der Waals surface area contributed by atoms with Gasteiger partial charge in [0.1, 0.15) is 0 Å². The molecule has 15 heavy (non-hydrogen) atoms. The lowest BCUT2D eigenvalue weighted by atomic mass is 9.83. The smallest absolute Gasteiger partial charge is 0.0574 e. The molecule has 0 saturated carbocycles. The third-order valence-electron chi connectivity index (χ3n) is 2.70. The van der Waals surface area contributed by atoms with Gasteiger partial charge in [-0.25, -0.2) is 0 Å². The highest BCUT2D eigenvalue weighted by atomic mass is 15.1. The summed E-state index contributed by atoms with van der Waals surface area (Å²) in [6.45, 7) is 8.85. The Labute approximate surface area is 90.3 Å². The molecule has 0 aliphatic rings. The number of aromatic nitrogens is 2. The molecule has 0 unspecified atom stereocenters. The first-order valence-corrected chi connectivity index (χ1v) is 5.20. The van der Waals surface area contributed by atoms with E-state index in [1.165, 1.54) is 16.5 Å². The maximum absolute atomic E-state index is 3.92. The van der Waals surface area contributed by atoms with E-state index >= 15 is 0 Å². The second kappa shape index (κ2) is 3.30.